The second kappa shape index (κ2) is 9.17. The highest BCUT2D eigenvalue weighted by atomic mass is 32.2. The first kappa shape index (κ1) is 19.6. The lowest BCUT2D eigenvalue weighted by atomic mass is 10.1. The van der Waals surface area contributed by atoms with Crippen LogP contribution in [0.4, 0.5) is 0 Å². The van der Waals surface area contributed by atoms with Gasteiger partial charge in [-0.05, 0) is 24.6 Å². The summed E-state index contributed by atoms with van der Waals surface area (Å²) in [7, 11) is 1.61. The molecule has 1 saturated heterocycles. The minimum atomic E-state index is -0.0876. The van der Waals surface area contributed by atoms with Gasteiger partial charge in [-0.25, -0.2) is 0 Å². The van der Waals surface area contributed by atoms with E-state index in [9.17, 15) is 4.79 Å². The van der Waals surface area contributed by atoms with Crippen LogP contribution in [0.3, 0.4) is 0 Å². The molecule has 4 nitrogen and oxygen atoms in total. The molecule has 0 aliphatic carbocycles. The third-order valence-corrected chi connectivity index (χ3v) is 5.49. The topological polar surface area (TPSA) is 38.8 Å². The molecule has 0 N–H and O–H groups in total. The monoisotopic (exact) mass is 399 g/mol. The number of para-hydroxylation sites is 1. The molecular weight excluding hydrogens is 378 g/mol. The molecule has 1 fully saturated rings. The van der Waals surface area contributed by atoms with Crippen LogP contribution in [0.5, 0.6) is 5.75 Å². The van der Waals surface area contributed by atoms with E-state index in [-0.39, 0.29) is 5.91 Å². The summed E-state index contributed by atoms with van der Waals surface area (Å²) in [5.74, 6) is 0.649. The third kappa shape index (κ3) is 4.97. The predicted octanol–water partition coefficient (Wildman–Crippen LogP) is 4.42. The molecule has 3 rings (SSSR count). The molecule has 0 saturated carbocycles. The van der Waals surface area contributed by atoms with Gasteiger partial charge in [-0.1, -0.05) is 72.0 Å². The summed E-state index contributed by atoms with van der Waals surface area (Å²) in [5.41, 5.74) is 3.17. The molecule has 1 aliphatic heterocycles. The van der Waals surface area contributed by atoms with Crippen molar-refractivity contribution in [2.24, 2.45) is 0 Å². The highest BCUT2D eigenvalue weighted by Gasteiger charge is 2.31. The van der Waals surface area contributed by atoms with Crippen molar-refractivity contribution in [1.29, 1.82) is 0 Å². The van der Waals surface area contributed by atoms with Crippen LogP contribution in [0.15, 0.2) is 53.4 Å². The fraction of sp³-hybridized carbons (Fsp3) is 0.238. The zero-order valence-corrected chi connectivity index (χ0v) is 16.9. The van der Waals surface area contributed by atoms with Crippen LogP contribution in [0.25, 0.3) is 6.08 Å². The zero-order valence-electron chi connectivity index (χ0n) is 15.3. The number of amides is 1. The van der Waals surface area contributed by atoms with Gasteiger partial charge in [0.05, 0.1) is 18.1 Å². The highest BCUT2D eigenvalue weighted by molar-refractivity contribution is 8.26. The van der Waals surface area contributed by atoms with Gasteiger partial charge in [0.1, 0.15) is 16.7 Å². The van der Waals surface area contributed by atoms with E-state index in [4.69, 9.17) is 21.7 Å². The number of hydrogen-bond acceptors (Lipinski definition) is 5. The number of methoxy groups -OCH3 is 1. The van der Waals surface area contributed by atoms with Gasteiger partial charge in [-0.3, -0.25) is 9.69 Å². The molecule has 1 heterocycles. The Hall–Kier alpha value is -2.15. The SMILES string of the molecule is COCCN1C(=O)/C(=C/c2ccccc2OCc2ccc(C)cc2)SC1=S. The Morgan fingerprint density at radius 3 is 2.63 bits per heavy atom. The van der Waals surface area contributed by atoms with E-state index < -0.39 is 0 Å². The van der Waals surface area contributed by atoms with Gasteiger partial charge in [0, 0.05) is 12.7 Å². The summed E-state index contributed by atoms with van der Waals surface area (Å²) in [6.45, 7) is 3.45. The van der Waals surface area contributed by atoms with Gasteiger partial charge < -0.3 is 9.47 Å². The number of benzene rings is 2. The highest BCUT2D eigenvalue weighted by Crippen LogP contribution is 2.34. The van der Waals surface area contributed by atoms with E-state index in [0.717, 1.165) is 16.9 Å². The second-order valence-corrected chi connectivity index (χ2v) is 7.81. The van der Waals surface area contributed by atoms with Crippen molar-refractivity contribution in [3.05, 3.63) is 70.1 Å². The summed E-state index contributed by atoms with van der Waals surface area (Å²) in [6, 6.07) is 15.9. The Morgan fingerprint density at radius 1 is 1.15 bits per heavy atom. The Morgan fingerprint density at radius 2 is 1.89 bits per heavy atom. The number of rotatable bonds is 7. The van der Waals surface area contributed by atoms with Gasteiger partial charge in [-0.2, -0.15) is 0 Å². The Bertz CT molecular complexity index is 862. The molecule has 0 radical (unpaired) electrons. The van der Waals surface area contributed by atoms with Crippen LogP contribution >= 0.6 is 24.0 Å². The Kier molecular flexibility index (Phi) is 6.66. The fourth-order valence-electron chi connectivity index (χ4n) is 2.59. The number of aryl methyl sites for hydroxylation is 1. The number of carbonyl (C=O) groups excluding carboxylic acids is 1. The van der Waals surface area contributed by atoms with Gasteiger partial charge in [0.15, 0.2) is 0 Å². The largest absolute Gasteiger partial charge is 0.488 e. The average molecular weight is 400 g/mol. The normalized spacial score (nSPS) is 15.6. The van der Waals surface area contributed by atoms with Crippen molar-refractivity contribution in [2.45, 2.75) is 13.5 Å². The number of ether oxygens (including phenoxy) is 2. The molecule has 0 aromatic heterocycles. The molecular formula is C21H21NO3S2. The summed E-state index contributed by atoms with van der Waals surface area (Å²) in [5, 5.41) is 0. The zero-order chi connectivity index (χ0) is 19.2. The smallest absolute Gasteiger partial charge is 0.266 e. The maximum atomic E-state index is 12.6. The molecule has 0 bridgehead atoms. The minimum absolute atomic E-state index is 0.0876. The van der Waals surface area contributed by atoms with Crippen molar-refractivity contribution in [2.75, 3.05) is 20.3 Å². The fourth-order valence-corrected chi connectivity index (χ4v) is 3.89. The summed E-state index contributed by atoms with van der Waals surface area (Å²) >= 11 is 6.63. The molecule has 1 amide bonds. The number of carbonyl (C=O) groups is 1. The van der Waals surface area contributed by atoms with Gasteiger partial charge in [0.2, 0.25) is 0 Å². The van der Waals surface area contributed by atoms with Crippen molar-refractivity contribution < 1.29 is 14.3 Å². The molecule has 0 atom stereocenters. The Balaban J connectivity index is 1.75. The Labute approximate surface area is 169 Å². The van der Waals surface area contributed by atoms with Crippen molar-refractivity contribution >= 4 is 40.3 Å². The average Bonchev–Trinajstić information content (AvgIpc) is 2.93. The van der Waals surface area contributed by atoms with Crippen molar-refractivity contribution in [3.8, 4) is 5.75 Å². The standard InChI is InChI=1S/C21H21NO3S2/c1-15-7-9-16(10-8-15)14-25-18-6-4-3-5-17(18)13-19-20(23)22(11-12-24-2)21(26)27-19/h3-10,13H,11-12,14H2,1-2H3/b19-13-. The van der Waals surface area contributed by atoms with Crippen LogP contribution in [0, 0.1) is 6.92 Å². The molecule has 0 unspecified atom stereocenters. The van der Waals surface area contributed by atoms with E-state index in [1.807, 2.05) is 30.3 Å². The number of thiocarbonyl (C=S) groups is 1. The van der Waals surface area contributed by atoms with Crippen LogP contribution in [0.2, 0.25) is 0 Å². The number of hydrogen-bond donors (Lipinski definition) is 0. The maximum absolute atomic E-state index is 12.6. The second-order valence-electron chi connectivity index (χ2n) is 6.14. The quantitative estimate of drug-likeness (QED) is 0.509. The van der Waals surface area contributed by atoms with E-state index in [2.05, 4.69) is 31.2 Å². The lowest BCUT2D eigenvalue weighted by molar-refractivity contribution is -0.122. The van der Waals surface area contributed by atoms with E-state index in [1.54, 1.807) is 12.0 Å². The first-order valence-corrected chi connectivity index (χ1v) is 9.82. The van der Waals surface area contributed by atoms with Crippen LogP contribution in [-0.2, 0) is 16.1 Å². The number of nitrogens with zero attached hydrogens (tertiary/aromatic N) is 1. The maximum Gasteiger partial charge on any atom is 0.266 e. The molecule has 2 aromatic carbocycles. The minimum Gasteiger partial charge on any atom is -0.488 e. The number of thioether (sulfide) groups is 1. The van der Waals surface area contributed by atoms with Crippen LogP contribution in [0.1, 0.15) is 16.7 Å². The molecule has 140 valence electrons. The summed E-state index contributed by atoms with van der Waals surface area (Å²) in [4.78, 5) is 14.8. The first-order chi connectivity index (χ1) is 13.1. The van der Waals surface area contributed by atoms with E-state index in [1.165, 1.54) is 17.3 Å². The van der Waals surface area contributed by atoms with E-state index in [0.29, 0.717) is 29.0 Å². The van der Waals surface area contributed by atoms with Gasteiger partial charge in [-0.15, -0.1) is 0 Å². The predicted molar refractivity (Wildman–Crippen MR) is 114 cm³/mol. The summed E-state index contributed by atoms with van der Waals surface area (Å²) in [6.07, 6.45) is 1.84. The van der Waals surface area contributed by atoms with E-state index >= 15 is 0 Å². The van der Waals surface area contributed by atoms with Crippen molar-refractivity contribution in [3.63, 3.8) is 0 Å². The van der Waals surface area contributed by atoms with Crippen LogP contribution in [-0.4, -0.2) is 35.4 Å². The lowest BCUT2D eigenvalue weighted by Gasteiger charge is -2.13. The molecule has 0 spiro atoms. The lowest BCUT2D eigenvalue weighted by Crippen LogP contribution is -2.31. The van der Waals surface area contributed by atoms with Gasteiger partial charge >= 0.3 is 0 Å². The summed E-state index contributed by atoms with van der Waals surface area (Å²) < 4.78 is 11.6. The molecule has 1 aliphatic rings. The molecule has 2 aromatic rings. The molecule has 27 heavy (non-hydrogen) atoms. The third-order valence-electron chi connectivity index (χ3n) is 4.11. The molecule has 6 heteroatoms. The van der Waals surface area contributed by atoms with Crippen molar-refractivity contribution in [1.82, 2.24) is 4.90 Å². The van der Waals surface area contributed by atoms with Gasteiger partial charge in [0.25, 0.3) is 5.91 Å². The van der Waals surface area contributed by atoms with Crippen LogP contribution < -0.4 is 4.74 Å². The first-order valence-electron chi connectivity index (χ1n) is 8.60.